The van der Waals surface area contributed by atoms with Gasteiger partial charge in [-0.15, -0.1) is 24.3 Å². The van der Waals surface area contributed by atoms with Crippen LogP contribution in [0.4, 0.5) is 11.7 Å². The molecule has 0 aliphatic rings. The number of hydrogen-bond acceptors (Lipinski definition) is 1. The standard InChI is InChI=1S/C6H5F3S2/c7-11(8,9)6-3-1-5(10)2-4-6/h1-4,10H. The second kappa shape index (κ2) is 2.98. The summed E-state index contributed by atoms with van der Waals surface area (Å²) in [4.78, 5) is -0.0206. The molecule has 1 aromatic carbocycles. The molecular formula is C6H5F3S2. The summed E-state index contributed by atoms with van der Waals surface area (Å²) in [6.45, 7) is 0. The molecule has 0 fully saturated rings. The van der Waals surface area contributed by atoms with Gasteiger partial charge in [0.2, 0.25) is 11.2 Å². The minimum absolute atomic E-state index is 0.539. The third kappa shape index (κ3) is 2.34. The third-order valence-electron chi connectivity index (χ3n) is 1.10. The van der Waals surface area contributed by atoms with Crippen molar-refractivity contribution < 1.29 is 11.7 Å². The van der Waals surface area contributed by atoms with Gasteiger partial charge in [0.25, 0.3) is 0 Å². The Hall–Kier alpha value is -0.290. The van der Waals surface area contributed by atoms with Crippen LogP contribution in [0.2, 0.25) is 0 Å². The molecule has 0 N–H and O–H groups in total. The van der Waals surface area contributed by atoms with Gasteiger partial charge in [-0.25, -0.2) is 0 Å². The molecule has 11 heavy (non-hydrogen) atoms. The molecule has 0 spiro atoms. The van der Waals surface area contributed by atoms with Crippen molar-refractivity contribution in [1.82, 2.24) is 0 Å². The van der Waals surface area contributed by atoms with Gasteiger partial charge in [0.15, 0.2) is 0 Å². The first-order chi connectivity index (χ1) is 5.00. The minimum Gasteiger partial charge on any atom is -0.143 e. The largest absolute Gasteiger partial charge is 0.237 e. The summed E-state index contributed by atoms with van der Waals surface area (Å²) in [5.74, 6) is 0. The smallest absolute Gasteiger partial charge is 0.143 e. The van der Waals surface area contributed by atoms with Gasteiger partial charge in [0.05, 0.1) is 4.90 Å². The SMILES string of the molecule is FS(F)(F)c1ccc(S)cc1. The predicted octanol–water partition coefficient (Wildman–Crippen LogP) is 3.79. The number of benzene rings is 1. The Balaban J connectivity index is 2.99. The topological polar surface area (TPSA) is 0 Å². The summed E-state index contributed by atoms with van der Waals surface area (Å²) in [5, 5.41) is 0. The first kappa shape index (κ1) is 8.80. The maximum atomic E-state index is 12.0. The number of halogens is 3. The lowest BCUT2D eigenvalue weighted by Crippen LogP contribution is -1.77. The normalized spacial score (nSPS) is 13.1. The fourth-order valence-electron chi connectivity index (χ4n) is 0.600. The molecule has 1 rings (SSSR count). The predicted molar refractivity (Wildman–Crippen MR) is 42.9 cm³/mol. The molecule has 0 amide bonds. The zero-order chi connectivity index (χ0) is 8.48. The molecule has 0 aromatic heterocycles. The van der Waals surface area contributed by atoms with E-state index in [-0.39, 0.29) is 0 Å². The van der Waals surface area contributed by atoms with E-state index in [0.717, 1.165) is 12.1 Å². The molecule has 0 atom stereocenters. The summed E-state index contributed by atoms with van der Waals surface area (Å²) in [6, 6.07) is 4.74. The van der Waals surface area contributed by atoms with Crippen LogP contribution in [0, 0.1) is 0 Å². The first-order valence-electron chi connectivity index (χ1n) is 2.71. The quantitative estimate of drug-likeness (QED) is 0.652. The summed E-state index contributed by atoms with van der Waals surface area (Å²) in [5.41, 5.74) is 0. The van der Waals surface area contributed by atoms with Crippen molar-refractivity contribution in [2.45, 2.75) is 9.79 Å². The molecule has 5 heteroatoms. The van der Waals surface area contributed by atoms with E-state index in [4.69, 9.17) is 0 Å². The second-order valence-corrected chi connectivity index (χ2v) is 3.70. The Labute approximate surface area is 70.0 Å². The molecule has 0 radical (unpaired) electrons. The Morgan fingerprint density at radius 3 is 1.82 bits per heavy atom. The molecule has 1 aromatic rings. The Morgan fingerprint density at radius 1 is 1.00 bits per heavy atom. The fraction of sp³-hybridized carbons (Fsp3) is 0. The van der Waals surface area contributed by atoms with E-state index in [0.29, 0.717) is 4.90 Å². The van der Waals surface area contributed by atoms with Crippen molar-refractivity contribution in [3.63, 3.8) is 0 Å². The van der Waals surface area contributed by atoms with Crippen LogP contribution >= 0.6 is 23.8 Å². The van der Waals surface area contributed by atoms with E-state index in [1.165, 1.54) is 12.1 Å². The van der Waals surface area contributed by atoms with Crippen molar-refractivity contribution in [3.05, 3.63) is 24.3 Å². The number of hydrogen-bond donors (Lipinski definition) is 1. The van der Waals surface area contributed by atoms with Crippen molar-refractivity contribution in [1.29, 1.82) is 0 Å². The van der Waals surface area contributed by atoms with Gasteiger partial charge < -0.3 is 0 Å². The van der Waals surface area contributed by atoms with Crippen molar-refractivity contribution in [2.24, 2.45) is 0 Å². The average Bonchev–Trinajstić information content (AvgIpc) is 1.86. The molecule has 0 aliphatic carbocycles. The van der Waals surface area contributed by atoms with E-state index in [1.54, 1.807) is 0 Å². The zero-order valence-corrected chi connectivity index (χ0v) is 7.01. The zero-order valence-electron chi connectivity index (χ0n) is 5.30. The highest BCUT2D eigenvalue weighted by Gasteiger charge is 2.23. The molecule has 62 valence electrons. The number of thiol groups is 1. The van der Waals surface area contributed by atoms with Gasteiger partial charge in [-0.05, 0) is 24.3 Å². The summed E-state index contributed by atoms with van der Waals surface area (Å²) in [6.07, 6.45) is 0. The van der Waals surface area contributed by atoms with Crippen molar-refractivity contribution in [2.75, 3.05) is 0 Å². The minimum atomic E-state index is -5.05. The van der Waals surface area contributed by atoms with Gasteiger partial charge in [-0.2, -0.15) is 0 Å². The van der Waals surface area contributed by atoms with Crippen molar-refractivity contribution in [3.8, 4) is 0 Å². The lowest BCUT2D eigenvalue weighted by Gasteiger charge is -2.08. The summed E-state index contributed by atoms with van der Waals surface area (Å²) < 4.78 is 35.9. The summed E-state index contributed by atoms with van der Waals surface area (Å²) >= 11 is -1.18. The Bertz CT molecular complexity index is 239. The van der Waals surface area contributed by atoms with E-state index in [1.807, 2.05) is 0 Å². The second-order valence-electron chi connectivity index (χ2n) is 1.90. The lowest BCUT2D eigenvalue weighted by molar-refractivity contribution is 0.633. The van der Waals surface area contributed by atoms with Crippen LogP contribution in [-0.2, 0) is 0 Å². The van der Waals surface area contributed by atoms with Gasteiger partial charge in [-0.3, -0.25) is 0 Å². The lowest BCUT2D eigenvalue weighted by atomic mass is 10.4. The maximum Gasteiger partial charge on any atom is 0.237 e. The van der Waals surface area contributed by atoms with Crippen LogP contribution in [-0.4, -0.2) is 0 Å². The molecule has 0 nitrogen and oxygen atoms in total. The Morgan fingerprint density at radius 2 is 1.45 bits per heavy atom. The first-order valence-corrected chi connectivity index (χ1v) is 4.49. The van der Waals surface area contributed by atoms with E-state index >= 15 is 0 Å². The van der Waals surface area contributed by atoms with Crippen LogP contribution in [0.5, 0.6) is 0 Å². The molecule has 0 saturated heterocycles. The fourth-order valence-corrected chi connectivity index (χ4v) is 1.19. The summed E-state index contributed by atoms with van der Waals surface area (Å²) in [7, 11) is 0. The van der Waals surface area contributed by atoms with Gasteiger partial charge in [0.1, 0.15) is 0 Å². The molecule has 0 aliphatic heterocycles. The average molecular weight is 198 g/mol. The van der Waals surface area contributed by atoms with E-state index in [9.17, 15) is 11.7 Å². The molecule has 0 heterocycles. The van der Waals surface area contributed by atoms with Crippen LogP contribution in [0.15, 0.2) is 34.1 Å². The van der Waals surface area contributed by atoms with Crippen LogP contribution < -0.4 is 0 Å². The highest BCUT2D eigenvalue weighted by molar-refractivity contribution is 8.20. The molecule has 0 saturated carbocycles. The maximum absolute atomic E-state index is 12.0. The molecule has 0 bridgehead atoms. The van der Waals surface area contributed by atoms with Crippen LogP contribution in [0.25, 0.3) is 0 Å². The third-order valence-corrected chi connectivity index (χ3v) is 2.21. The van der Waals surface area contributed by atoms with Gasteiger partial charge in [-0.1, -0.05) is 0 Å². The van der Waals surface area contributed by atoms with Gasteiger partial charge >= 0.3 is 0 Å². The van der Waals surface area contributed by atoms with Crippen LogP contribution in [0.3, 0.4) is 0 Å². The molecular weight excluding hydrogens is 193 g/mol. The monoisotopic (exact) mass is 198 g/mol. The Kier molecular flexibility index (Phi) is 2.39. The highest BCUT2D eigenvalue weighted by Crippen LogP contribution is 2.60. The number of rotatable bonds is 1. The van der Waals surface area contributed by atoms with Crippen molar-refractivity contribution >= 4 is 23.8 Å². The molecule has 0 unspecified atom stereocenters. The van der Waals surface area contributed by atoms with E-state index < -0.39 is 16.1 Å². The van der Waals surface area contributed by atoms with Crippen LogP contribution in [0.1, 0.15) is 0 Å². The van der Waals surface area contributed by atoms with Gasteiger partial charge in [0, 0.05) is 4.90 Å². The van der Waals surface area contributed by atoms with E-state index in [2.05, 4.69) is 12.6 Å². The highest BCUT2D eigenvalue weighted by atomic mass is 32.3.